The summed E-state index contributed by atoms with van der Waals surface area (Å²) in [4.78, 5) is 14.1. The quantitative estimate of drug-likeness (QED) is 0.448. The molecule has 1 aliphatic rings. The number of carboxylic acid groups (broad SMARTS) is 1. The molecule has 1 aliphatic carbocycles. The summed E-state index contributed by atoms with van der Waals surface area (Å²) in [5.41, 5.74) is 4.92. The fraction of sp³-hybridized carbons (Fsp3) is 0.429. The number of rotatable bonds is 3. The largest absolute Gasteiger partial charge is 0.477 e. The highest BCUT2D eigenvalue weighted by Crippen LogP contribution is 2.22. The van der Waals surface area contributed by atoms with Crippen molar-refractivity contribution in [1.82, 2.24) is 0 Å². The van der Waals surface area contributed by atoms with Gasteiger partial charge in [0.15, 0.2) is 0 Å². The van der Waals surface area contributed by atoms with E-state index in [1.165, 1.54) is 12.3 Å². The summed E-state index contributed by atoms with van der Waals surface area (Å²) in [6.07, 6.45) is 4.98. The SMILES string of the molecule is NC(=CC=NC1CC1)C(=O)O. The molecule has 0 saturated heterocycles. The molecule has 60 valence electrons. The van der Waals surface area contributed by atoms with Gasteiger partial charge in [-0.25, -0.2) is 4.79 Å². The van der Waals surface area contributed by atoms with Gasteiger partial charge in [-0.3, -0.25) is 4.99 Å². The standard InChI is InChI=1S/C7H10N2O2/c8-6(7(10)11)3-4-9-5-1-2-5/h3-5H,1-2,8H2,(H,10,11). The predicted octanol–water partition coefficient (Wildman–Crippen LogP) is 0.147. The molecule has 0 heterocycles. The molecule has 0 atom stereocenters. The second kappa shape index (κ2) is 3.18. The first-order valence-corrected chi connectivity index (χ1v) is 3.42. The molecular weight excluding hydrogens is 144 g/mol. The highest BCUT2D eigenvalue weighted by molar-refractivity contribution is 5.91. The topological polar surface area (TPSA) is 75.7 Å². The third-order valence-electron chi connectivity index (χ3n) is 1.34. The molecule has 0 spiro atoms. The van der Waals surface area contributed by atoms with Gasteiger partial charge in [0.1, 0.15) is 5.70 Å². The Morgan fingerprint density at radius 3 is 2.73 bits per heavy atom. The molecule has 0 aliphatic heterocycles. The summed E-state index contributed by atoms with van der Waals surface area (Å²) in [7, 11) is 0. The van der Waals surface area contributed by atoms with Crippen LogP contribution in [0.3, 0.4) is 0 Å². The van der Waals surface area contributed by atoms with E-state index in [1.54, 1.807) is 0 Å². The predicted molar refractivity (Wildman–Crippen MR) is 41.4 cm³/mol. The minimum Gasteiger partial charge on any atom is -0.477 e. The number of nitrogens with two attached hydrogens (primary N) is 1. The van der Waals surface area contributed by atoms with E-state index in [4.69, 9.17) is 10.8 Å². The maximum atomic E-state index is 10.1. The van der Waals surface area contributed by atoms with Crippen LogP contribution in [0.15, 0.2) is 16.8 Å². The van der Waals surface area contributed by atoms with E-state index in [-0.39, 0.29) is 5.70 Å². The summed E-state index contributed by atoms with van der Waals surface area (Å²) in [6.45, 7) is 0. The number of aliphatic carboxylic acids is 1. The minimum absolute atomic E-state index is 0.172. The highest BCUT2D eigenvalue weighted by Gasteiger charge is 2.18. The number of nitrogens with zero attached hydrogens (tertiary/aromatic N) is 1. The molecule has 3 N–H and O–H groups in total. The maximum Gasteiger partial charge on any atom is 0.351 e. The van der Waals surface area contributed by atoms with Crippen molar-refractivity contribution in [2.45, 2.75) is 18.9 Å². The van der Waals surface area contributed by atoms with Crippen LogP contribution < -0.4 is 5.73 Å². The molecule has 0 unspecified atom stereocenters. The lowest BCUT2D eigenvalue weighted by atomic mass is 10.4. The number of aliphatic imine (C=N–C) groups is 1. The fourth-order valence-corrected chi connectivity index (χ4v) is 0.540. The molecule has 1 fully saturated rings. The van der Waals surface area contributed by atoms with Gasteiger partial charge < -0.3 is 10.8 Å². The molecule has 1 saturated carbocycles. The van der Waals surface area contributed by atoms with Crippen LogP contribution in [0.4, 0.5) is 0 Å². The highest BCUT2D eigenvalue weighted by atomic mass is 16.4. The minimum atomic E-state index is -1.10. The van der Waals surface area contributed by atoms with Gasteiger partial charge in [0, 0.05) is 6.21 Å². The molecule has 4 heteroatoms. The Bertz CT molecular complexity index is 216. The van der Waals surface area contributed by atoms with Crippen molar-refractivity contribution in [3.05, 3.63) is 11.8 Å². The molecule has 0 aromatic rings. The van der Waals surface area contributed by atoms with Crippen molar-refractivity contribution in [2.24, 2.45) is 10.7 Å². The van der Waals surface area contributed by atoms with Crippen molar-refractivity contribution in [3.63, 3.8) is 0 Å². The molecule has 0 bridgehead atoms. The average molecular weight is 154 g/mol. The zero-order valence-corrected chi connectivity index (χ0v) is 6.03. The molecule has 0 radical (unpaired) electrons. The van der Waals surface area contributed by atoms with Crippen molar-refractivity contribution in [3.8, 4) is 0 Å². The second-order valence-electron chi connectivity index (χ2n) is 2.46. The van der Waals surface area contributed by atoms with Crippen LogP contribution in [0.25, 0.3) is 0 Å². The molecule has 0 aromatic carbocycles. The van der Waals surface area contributed by atoms with Gasteiger partial charge in [-0.2, -0.15) is 0 Å². The molecule has 11 heavy (non-hydrogen) atoms. The lowest BCUT2D eigenvalue weighted by Crippen LogP contribution is -2.09. The van der Waals surface area contributed by atoms with Crippen LogP contribution in [0.5, 0.6) is 0 Å². The first-order valence-electron chi connectivity index (χ1n) is 3.42. The Balaban J connectivity index is 2.37. The normalized spacial score (nSPS) is 19.1. The Kier molecular flexibility index (Phi) is 2.25. The van der Waals surface area contributed by atoms with Gasteiger partial charge in [0.25, 0.3) is 0 Å². The van der Waals surface area contributed by atoms with Crippen molar-refractivity contribution < 1.29 is 9.90 Å². The van der Waals surface area contributed by atoms with Gasteiger partial charge in [-0.15, -0.1) is 0 Å². The van der Waals surface area contributed by atoms with Crippen molar-refractivity contribution in [1.29, 1.82) is 0 Å². The van der Waals surface area contributed by atoms with Crippen LogP contribution in [0, 0.1) is 0 Å². The number of carbonyl (C=O) groups is 1. The molecular formula is C7H10N2O2. The third-order valence-corrected chi connectivity index (χ3v) is 1.34. The zero-order valence-electron chi connectivity index (χ0n) is 6.03. The third kappa shape index (κ3) is 2.84. The van der Waals surface area contributed by atoms with Gasteiger partial charge >= 0.3 is 5.97 Å². The number of hydrogen-bond donors (Lipinski definition) is 2. The summed E-state index contributed by atoms with van der Waals surface area (Å²) in [6, 6.07) is 0.410. The molecule has 1 rings (SSSR count). The Labute approximate surface area is 64.4 Å². The Hall–Kier alpha value is -1.32. The first-order chi connectivity index (χ1) is 5.20. The van der Waals surface area contributed by atoms with E-state index in [0.717, 1.165) is 12.8 Å². The summed E-state index contributed by atoms with van der Waals surface area (Å²) in [5.74, 6) is -1.10. The molecule has 0 aromatic heterocycles. The van der Waals surface area contributed by atoms with Crippen molar-refractivity contribution >= 4 is 12.2 Å². The fourth-order valence-electron chi connectivity index (χ4n) is 0.540. The van der Waals surface area contributed by atoms with E-state index < -0.39 is 5.97 Å². The maximum absolute atomic E-state index is 10.1. The number of allylic oxidation sites excluding steroid dienone is 1. The van der Waals surface area contributed by atoms with Crippen molar-refractivity contribution in [2.75, 3.05) is 0 Å². The van der Waals surface area contributed by atoms with Gasteiger partial charge in [0.05, 0.1) is 6.04 Å². The lowest BCUT2D eigenvalue weighted by Gasteiger charge is -1.87. The smallest absolute Gasteiger partial charge is 0.351 e. The Morgan fingerprint density at radius 2 is 2.27 bits per heavy atom. The number of hydrogen-bond acceptors (Lipinski definition) is 3. The van der Waals surface area contributed by atoms with Crippen LogP contribution in [-0.2, 0) is 4.79 Å². The monoisotopic (exact) mass is 154 g/mol. The van der Waals surface area contributed by atoms with E-state index in [0.29, 0.717) is 6.04 Å². The van der Waals surface area contributed by atoms with Crippen LogP contribution in [0.1, 0.15) is 12.8 Å². The van der Waals surface area contributed by atoms with E-state index in [9.17, 15) is 4.79 Å². The average Bonchev–Trinajstić information content (AvgIpc) is 2.71. The Morgan fingerprint density at radius 1 is 1.64 bits per heavy atom. The summed E-state index contributed by atoms with van der Waals surface area (Å²) < 4.78 is 0. The van der Waals surface area contributed by atoms with Crippen LogP contribution >= 0.6 is 0 Å². The van der Waals surface area contributed by atoms with Gasteiger partial charge in [-0.05, 0) is 18.9 Å². The zero-order chi connectivity index (χ0) is 8.27. The molecule has 0 amide bonds. The first kappa shape index (κ1) is 7.78. The van der Waals surface area contributed by atoms with Gasteiger partial charge in [0.2, 0.25) is 0 Å². The van der Waals surface area contributed by atoms with E-state index in [1.807, 2.05) is 0 Å². The van der Waals surface area contributed by atoms with E-state index >= 15 is 0 Å². The summed E-state index contributed by atoms with van der Waals surface area (Å²) in [5, 5.41) is 8.31. The summed E-state index contributed by atoms with van der Waals surface area (Å²) >= 11 is 0. The molecule has 4 nitrogen and oxygen atoms in total. The lowest BCUT2D eigenvalue weighted by molar-refractivity contribution is -0.132. The second-order valence-corrected chi connectivity index (χ2v) is 2.46. The van der Waals surface area contributed by atoms with Gasteiger partial charge in [-0.1, -0.05) is 0 Å². The van der Waals surface area contributed by atoms with E-state index in [2.05, 4.69) is 4.99 Å². The van der Waals surface area contributed by atoms with Crippen LogP contribution in [0.2, 0.25) is 0 Å². The number of carboxylic acids is 1. The van der Waals surface area contributed by atoms with Crippen LogP contribution in [-0.4, -0.2) is 23.3 Å².